The van der Waals surface area contributed by atoms with Crippen LogP contribution in [0.5, 0.6) is 0 Å². The first-order chi connectivity index (χ1) is 10.8. The van der Waals surface area contributed by atoms with Gasteiger partial charge in [0.15, 0.2) is 5.16 Å². The van der Waals surface area contributed by atoms with Gasteiger partial charge in [-0.15, -0.1) is 0 Å². The number of nitrogens with one attached hydrogen (secondary N) is 1. The number of thioether (sulfide) groups is 1. The topological polar surface area (TPSA) is 63.1 Å². The highest BCUT2D eigenvalue weighted by Crippen LogP contribution is 2.17. The number of aromatic amines is 1. The molecule has 1 aliphatic rings. The van der Waals surface area contributed by atoms with Crippen LogP contribution in [0.15, 0.2) is 9.95 Å². The highest BCUT2D eigenvalue weighted by molar-refractivity contribution is 7.98. The van der Waals surface area contributed by atoms with E-state index in [0.717, 1.165) is 42.1 Å². The van der Waals surface area contributed by atoms with E-state index in [1.807, 2.05) is 6.26 Å². The molecular weight excluding hydrogens is 296 g/mol. The van der Waals surface area contributed by atoms with E-state index in [4.69, 9.17) is 0 Å². The fourth-order valence-electron chi connectivity index (χ4n) is 3.18. The molecule has 0 aliphatic heterocycles. The standard InChI is InChI=1S/C16H24N4OS/c1-22-16-18-15-17-13-11-9-7-5-3-2-4-6-8-10-12(13)14(21)20(15)19-16/h2-11H2,1H3,(H,17,18,19). The Morgan fingerprint density at radius 1 is 0.955 bits per heavy atom. The molecule has 1 N–H and O–H groups in total. The Hall–Kier alpha value is -1.30. The van der Waals surface area contributed by atoms with Crippen LogP contribution in [-0.4, -0.2) is 25.8 Å². The third-order valence-corrected chi connectivity index (χ3v) is 5.01. The summed E-state index contributed by atoms with van der Waals surface area (Å²) in [5.41, 5.74) is 1.92. The van der Waals surface area contributed by atoms with Gasteiger partial charge in [0.1, 0.15) is 0 Å². The lowest BCUT2D eigenvalue weighted by atomic mass is 9.99. The molecule has 0 spiro atoms. The summed E-state index contributed by atoms with van der Waals surface area (Å²) in [6.07, 6.45) is 13.6. The summed E-state index contributed by atoms with van der Waals surface area (Å²) < 4.78 is 1.51. The summed E-state index contributed by atoms with van der Waals surface area (Å²) in [4.78, 5) is 21.8. The zero-order valence-electron chi connectivity index (χ0n) is 13.2. The van der Waals surface area contributed by atoms with E-state index < -0.39 is 0 Å². The summed E-state index contributed by atoms with van der Waals surface area (Å²) in [5.74, 6) is 0.514. The summed E-state index contributed by atoms with van der Waals surface area (Å²) in [7, 11) is 0. The Morgan fingerprint density at radius 3 is 2.27 bits per heavy atom. The monoisotopic (exact) mass is 320 g/mol. The van der Waals surface area contributed by atoms with Crippen molar-refractivity contribution in [2.45, 2.75) is 69.4 Å². The van der Waals surface area contributed by atoms with Crippen LogP contribution in [-0.2, 0) is 12.8 Å². The van der Waals surface area contributed by atoms with Gasteiger partial charge in [0.2, 0.25) is 0 Å². The molecule has 22 heavy (non-hydrogen) atoms. The molecule has 0 fully saturated rings. The maximum absolute atomic E-state index is 12.8. The lowest BCUT2D eigenvalue weighted by Crippen LogP contribution is -2.23. The maximum Gasteiger partial charge on any atom is 0.277 e. The molecule has 0 saturated carbocycles. The lowest BCUT2D eigenvalue weighted by molar-refractivity contribution is 0.554. The van der Waals surface area contributed by atoms with Crippen molar-refractivity contribution in [3.05, 3.63) is 21.6 Å². The molecule has 0 radical (unpaired) electrons. The lowest BCUT2D eigenvalue weighted by Gasteiger charge is -2.10. The minimum absolute atomic E-state index is 0.0462. The first-order valence-corrected chi connectivity index (χ1v) is 9.56. The van der Waals surface area contributed by atoms with E-state index in [-0.39, 0.29) is 5.56 Å². The van der Waals surface area contributed by atoms with Crippen molar-refractivity contribution in [1.82, 2.24) is 19.6 Å². The molecule has 0 bridgehead atoms. The molecule has 0 unspecified atom stereocenters. The number of H-pyrrole nitrogens is 1. The number of rotatable bonds is 1. The Kier molecular flexibility index (Phi) is 5.18. The van der Waals surface area contributed by atoms with Crippen LogP contribution in [0.1, 0.15) is 62.6 Å². The van der Waals surface area contributed by atoms with Gasteiger partial charge in [0.05, 0.1) is 5.69 Å². The van der Waals surface area contributed by atoms with Crippen molar-refractivity contribution in [3.8, 4) is 0 Å². The second kappa shape index (κ2) is 7.31. The van der Waals surface area contributed by atoms with Crippen LogP contribution >= 0.6 is 11.8 Å². The summed E-state index contributed by atoms with van der Waals surface area (Å²) in [6, 6.07) is 0. The zero-order valence-corrected chi connectivity index (χ0v) is 14.0. The van der Waals surface area contributed by atoms with Crippen LogP contribution in [0.25, 0.3) is 5.78 Å². The van der Waals surface area contributed by atoms with Gasteiger partial charge in [-0.2, -0.15) is 9.50 Å². The SMILES string of the molecule is CSc1nc2nc3c(c(=O)n2[nH]1)CCCCCCCCCC3. The molecule has 2 aromatic heterocycles. The largest absolute Gasteiger partial charge is 0.277 e. The summed E-state index contributed by atoms with van der Waals surface area (Å²) in [6.45, 7) is 0. The van der Waals surface area contributed by atoms with Gasteiger partial charge in [0.25, 0.3) is 11.3 Å². The van der Waals surface area contributed by atoms with Gasteiger partial charge >= 0.3 is 0 Å². The Balaban J connectivity index is 1.98. The highest BCUT2D eigenvalue weighted by atomic mass is 32.2. The van der Waals surface area contributed by atoms with Gasteiger partial charge in [-0.25, -0.2) is 4.98 Å². The van der Waals surface area contributed by atoms with Crippen molar-refractivity contribution in [2.24, 2.45) is 0 Å². The molecule has 0 amide bonds. The molecule has 0 aromatic carbocycles. The number of aryl methyl sites for hydroxylation is 1. The zero-order chi connectivity index (χ0) is 15.4. The quantitative estimate of drug-likeness (QED) is 0.818. The van der Waals surface area contributed by atoms with Gasteiger partial charge in [-0.1, -0.05) is 50.3 Å². The number of aromatic nitrogens is 4. The predicted octanol–water partition coefficient (Wildman–Crippen LogP) is 3.36. The Morgan fingerprint density at radius 2 is 1.59 bits per heavy atom. The molecule has 1 aliphatic carbocycles. The fourth-order valence-corrected chi connectivity index (χ4v) is 3.53. The second-order valence-electron chi connectivity index (χ2n) is 6.04. The minimum atomic E-state index is 0.0462. The van der Waals surface area contributed by atoms with Crippen molar-refractivity contribution in [2.75, 3.05) is 6.26 Å². The third-order valence-electron chi connectivity index (χ3n) is 4.44. The van der Waals surface area contributed by atoms with Gasteiger partial charge in [-0.3, -0.25) is 9.89 Å². The average molecular weight is 320 g/mol. The Labute approximate surface area is 134 Å². The maximum atomic E-state index is 12.8. The van der Waals surface area contributed by atoms with Crippen LogP contribution in [0.3, 0.4) is 0 Å². The first-order valence-electron chi connectivity index (χ1n) is 8.34. The Bertz CT molecular complexity index is 691. The van der Waals surface area contributed by atoms with Crippen LogP contribution in [0, 0.1) is 0 Å². The molecule has 3 rings (SSSR count). The van der Waals surface area contributed by atoms with Crippen molar-refractivity contribution in [1.29, 1.82) is 0 Å². The minimum Gasteiger partial charge on any atom is -0.267 e. The molecular formula is C16H24N4OS. The normalized spacial score (nSPS) is 17.7. The smallest absolute Gasteiger partial charge is 0.267 e. The van der Waals surface area contributed by atoms with Crippen molar-refractivity contribution in [3.63, 3.8) is 0 Å². The van der Waals surface area contributed by atoms with E-state index >= 15 is 0 Å². The van der Waals surface area contributed by atoms with Crippen LogP contribution in [0.4, 0.5) is 0 Å². The first kappa shape index (κ1) is 15.6. The van der Waals surface area contributed by atoms with E-state index in [2.05, 4.69) is 15.1 Å². The van der Waals surface area contributed by atoms with Crippen molar-refractivity contribution < 1.29 is 0 Å². The van der Waals surface area contributed by atoms with E-state index in [1.165, 1.54) is 54.8 Å². The molecule has 0 saturated heterocycles. The van der Waals surface area contributed by atoms with E-state index in [0.29, 0.717) is 5.78 Å². The molecule has 2 heterocycles. The number of fused-ring (bicyclic) bond motifs is 2. The molecule has 5 nitrogen and oxygen atoms in total. The number of hydrogen-bond donors (Lipinski definition) is 1. The summed E-state index contributed by atoms with van der Waals surface area (Å²) in [5, 5.41) is 3.78. The van der Waals surface area contributed by atoms with Crippen molar-refractivity contribution >= 4 is 17.5 Å². The van der Waals surface area contributed by atoms with E-state index in [1.54, 1.807) is 0 Å². The van der Waals surface area contributed by atoms with Crippen LogP contribution < -0.4 is 5.56 Å². The molecule has 120 valence electrons. The molecule has 0 atom stereocenters. The van der Waals surface area contributed by atoms with Gasteiger partial charge in [0, 0.05) is 5.56 Å². The average Bonchev–Trinajstić information content (AvgIpc) is 2.93. The van der Waals surface area contributed by atoms with Gasteiger partial charge < -0.3 is 0 Å². The number of hydrogen-bond acceptors (Lipinski definition) is 4. The summed E-state index contributed by atoms with van der Waals surface area (Å²) >= 11 is 1.50. The highest BCUT2D eigenvalue weighted by Gasteiger charge is 2.15. The number of nitrogens with zero attached hydrogens (tertiary/aromatic N) is 3. The third kappa shape index (κ3) is 3.37. The van der Waals surface area contributed by atoms with E-state index in [9.17, 15) is 4.79 Å². The van der Waals surface area contributed by atoms with Gasteiger partial charge in [-0.05, 0) is 31.9 Å². The van der Waals surface area contributed by atoms with Crippen LogP contribution in [0.2, 0.25) is 0 Å². The fraction of sp³-hybridized carbons (Fsp3) is 0.688. The molecule has 2 aromatic rings. The molecule has 6 heteroatoms. The second-order valence-corrected chi connectivity index (χ2v) is 6.83. The predicted molar refractivity (Wildman–Crippen MR) is 89.7 cm³/mol.